The fourth-order valence-electron chi connectivity index (χ4n) is 0.801. The van der Waals surface area contributed by atoms with Crippen LogP contribution in [0.25, 0.3) is 0 Å². The summed E-state index contributed by atoms with van der Waals surface area (Å²) < 4.78 is 0. The summed E-state index contributed by atoms with van der Waals surface area (Å²) in [6.07, 6.45) is 3.84. The molecule has 2 nitrogen and oxygen atoms in total. The average Bonchev–Trinajstić information content (AvgIpc) is 1.97. The highest BCUT2D eigenvalue weighted by Gasteiger charge is 2.11. The van der Waals surface area contributed by atoms with Crippen LogP contribution in [0.1, 0.15) is 19.3 Å². The molecule has 0 aromatic carbocycles. The Morgan fingerprint density at radius 3 is 2.64 bits per heavy atom. The van der Waals surface area contributed by atoms with E-state index in [4.69, 9.17) is 16.7 Å². The van der Waals surface area contributed by atoms with E-state index in [1.54, 1.807) is 0 Å². The minimum absolute atomic E-state index is 0.404. The number of alkyl halides is 1. The Balaban J connectivity index is 3.52. The lowest BCUT2D eigenvalue weighted by atomic mass is 10.0. The van der Waals surface area contributed by atoms with Crippen molar-refractivity contribution in [2.75, 3.05) is 5.88 Å². The van der Waals surface area contributed by atoms with Crippen LogP contribution in [0.3, 0.4) is 0 Å². The second-order valence-electron chi connectivity index (χ2n) is 2.37. The van der Waals surface area contributed by atoms with Crippen molar-refractivity contribution < 1.29 is 9.90 Å². The second-order valence-corrected chi connectivity index (χ2v) is 2.74. The molecule has 0 amide bonds. The summed E-state index contributed by atoms with van der Waals surface area (Å²) in [5.74, 6) is -0.600. The SMILES string of the molecule is C=CC(CCCCCl)C(=O)O. The topological polar surface area (TPSA) is 37.3 Å². The van der Waals surface area contributed by atoms with Crippen molar-refractivity contribution >= 4 is 17.6 Å². The molecule has 0 saturated carbocycles. The van der Waals surface area contributed by atoms with Gasteiger partial charge in [0.15, 0.2) is 0 Å². The van der Waals surface area contributed by atoms with Gasteiger partial charge in [-0.15, -0.1) is 18.2 Å². The summed E-state index contributed by atoms with van der Waals surface area (Å²) in [4.78, 5) is 10.4. The lowest BCUT2D eigenvalue weighted by molar-refractivity contribution is -0.140. The molecule has 0 aliphatic rings. The first-order valence-corrected chi connectivity index (χ1v) is 4.17. The summed E-state index contributed by atoms with van der Waals surface area (Å²) in [5.41, 5.74) is 0. The highest BCUT2D eigenvalue weighted by molar-refractivity contribution is 6.17. The predicted octanol–water partition coefficient (Wildman–Crippen LogP) is 2.28. The van der Waals surface area contributed by atoms with Gasteiger partial charge in [0.05, 0.1) is 5.92 Å². The monoisotopic (exact) mass is 176 g/mol. The summed E-state index contributed by atoms with van der Waals surface area (Å²) in [7, 11) is 0. The molecule has 1 unspecified atom stereocenters. The van der Waals surface area contributed by atoms with Gasteiger partial charge in [-0.1, -0.05) is 12.5 Å². The first kappa shape index (κ1) is 10.5. The summed E-state index contributed by atoms with van der Waals surface area (Å²) in [6, 6.07) is 0. The largest absolute Gasteiger partial charge is 0.481 e. The minimum Gasteiger partial charge on any atom is -0.481 e. The maximum atomic E-state index is 10.4. The van der Waals surface area contributed by atoms with E-state index in [9.17, 15) is 4.79 Å². The van der Waals surface area contributed by atoms with Crippen LogP contribution >= 0.6 is 11.6 Å². The van der Waals surface area contributed by atoms with Gasteiger partial charge in [-0.3, -0.25) is 4.79 Å². The summed E-state index contributed by atoms with van der Waals surface area (Å²) >= 11 is 5.43. The normalized spacial score (nSPS) is 12.5. The van der Waals surface area contributed by atoms with Crippen LogP contribution in [0.2, 0.25) is 0 Å². The predicted molar refractivity (Wildman–Crippen MR) is 45.9 cm³/mol. The van der Waals surface area contributed by atoms with Crippen LogP contribution in [0.15, 0.2) is 12.7 Å². The van der Waals surface area contributed by atoms with E-state index >= 15 is 0 Å². The lowest BCUT2D eigenvalue weighted by Crippen LogP contribution is -2.10. The Bertz CT molecular complexity index is 134. The van der Waals surface area contributed by atoms with Crippen molar-refractivity contribution in [1.82, 2.24) is 0 Å². The van der Waals surface area contributed by atoms with Gasteiger partial charge in [-0.25, -0.2) is 0 Å². The fraction of sp³-hybridized carbons (Fsp3) is 0.625. The number of carbonyl (C=O) groups is 1. The number of carboxylic acid groups (broad SMARTS) is 1. The Morgan fingerprint density at radius 2 is 2.27 bits per heavy atom. The Hall–Kier alpha value is -0.500. The van der Waals surface area contributed by atoms with E-state index in [0.717, 1.165) is 12.8 Å². The fourth-order valence-corrected chi connectivity index (χ4v) is 0.990. The van der Waals surface area contributed by atoms with Crippen LogP contribution in [-0.4, -0.2) is 17.0 Å². The van der Waals surface area contributed by atoms with Gasteiger partial charge in [-0.05, 0) is 12.8 Å². The molecule has 1 N–H and O–H groups in total. The van der Waals surface area contributed by atoms with Crippen LogP contribution in [0, 0.1) is 5.92 Å². The van der Waals surface area contributed by atoms with Gasteiger partial charge in [0.25, 0.3) is 0 Å². The van der Waals surface area contributed by atoms with Gasteiger partial charge in [0, 0.05) is 5.88 Å². The lowest BCUT2D eigenvalue weighted by Gasteiger charge is -2.04. The highest BCUT2D eigenvalue weighted by atomic mass is 35.5. The molecule has 0 aromatic rings. The molecule has 0 fully saturated rings. The standard InChI is InChI=1S/C8H13ClO2/c1-2-7(8(10)11)5-3-4-6-9/h2,7H,1,3-6H2,(H,10,11). The molecule has 0 heterocycles. The van der Waals surface area contributed by atoms with Gasteiger partial charge >= 0.3 is 5.97 Å². The zero-order valence-corrected chi connectivity index (χ0v) is 7.18. The zero-order valence-electron chi connectivity index (χ0n) is 6.42. The molecule has 0 rings (SSSR count). The maximum Gasteiger partial charge on any atom is 0.310 e. The number of hydrogen-bond acceptors (Lipinski definition) is 1. The van der Waals surface area contributed by atoms with Crippen molar-refractivity contribution in [3.63, 3.8) is 0 Å². The van der Waals surface area contributed by atoms with Crippen LogP contribution in [0.5, 0.6) is 0 Å². The van der Waals surface area contributed by atoms with Gasteiger partial charge < -0.3 is 5.11 Å². The molecule has 0 saturated heterocycles. The zero-order chi connectivity index (χ0) is 8.69. The van der Waals surface area contributed by atoms with Crippen molar-refractivity contribution in [3.8, 4) is 0 Å². The number of rotatable bonds is 6. The van der Waals surface area contributed by atoms with Gasteiger partial charge in [0.1, 0.15) is 0 Å². The smallest absolute Gasteiger partial charge is 0.310 e. The van der Waals surface area contributed by atoms with Crippen LogP contribution in [-0.2, 0) is 4.79 Å². The minimum atomic E-state index is -0.797. The Kier molecular flexibility index (Phi) is 5.94. The molecule has 11 heavy (non-hydrogen) atoms. The second kappa shape index (κ2) is 6.23. The Morgan fingerprint density at radius 1 is 1.64 bits per heavy atom. The summed E-state index contributed by atoms with van der Waals surface area (Å²) in [6.45, 7) is 3.45. The molecular formula is C8H13ClO2. The van der Waals surface area contributed by atoms with Gasteiger partial charge in [-0.2, -0.15) is 0 Å². The molecule has 3 heteroatoms. The maximum absolute atomic E-state index is 10.4. The number of aliphatic carboxylic acids is 1. The van der Waals surface area contributed by atoms with Crippen LogP contribution < -0.4 is 0 Å². The van der Waals surface area contributed by atoms with E-state index in [1.807, 2.05) is 0 Å². The molecule has 0 aliphatic carbocycles. The summed E-state index contributed by atoms with van der Waals surface area (Å²) in [5, 5.41) is 8.57. The number of unbranched alkanes of at least 4 members (excludes halogenated alkanes) is 1. The molecule has 0 radical (unpaired) electrons. The van der Waals surface area contributed by atoms with E-state index in [-0.39, 0.29) is 0 Å². The third kappa shape index (κ3) is 4.85. The van der Waals surface area contributed by atoms with E-state index in [2.05, 4.69) is 6.58 Å². The molecule has 0 aliphatic heterocycles. The third-order valence-corrected chi connectivity index (χ3v) is 1.77. The van der Waals surface area contributed by atoms with Crippen molar-refractivity contribution in [2.45, 2.75) is 19.3 Å². The average molecular weight is 177 g/mol. The quantitative estimate of drug-likeness (QED) is 0.383. The first-order valence-electron chi connectivity index (χ1n) is 3.63. The third-order valence-electron chi connectivity index (χ3n) is 1.50. The number of hydrogen-bond donors (Lipinski definition) is 1. The molecular weight excluding hydrogens is 164 g/mol. The Labute approximate surface area is 71.9 Å². The number of carboxylic acids is 1. The van der Waals surface area contributed by atoms with Crippen molar-refractivity contribution in [3.05, 3.63) is 12.7 Å². The molecule has 1 atom stereocenters. The van der Waals surface area contributed by atoms with E-state index < -0.39 is 11.9 Å². The van der Waals surface area contributed by atoms with E-state index in [1.165, 1.54) is 6.08 Å². The van der Waals surface area contributed by atoms with Crippen LogP contribution in [0.4, 0.5) is 0 Å². The highest BCUT2D eigenvalue weighted by Crippen LogP contribution is 2.09. The number of halogens is 1. The molecule has 0 aromatic heterocycles. The first-order chi connectivity index (χ1) is 5.22. The molecule has 64 valence electrons. The van der Waals surface area contributed by atoms with Crippen molar-refractivity contribution in [2.24, 2.45) is 5.92 Å². The molecule has 0 bridgehead atoms. The molecule has 0 spiro atoms. The van der Waals surface area contributed by atoms with E-state index in [0.29, 0.717) is 12.3 Å². The van der Waals surface area contributed by atoms with Crippen molar-refractivity contribution in [1.29, 1.82) is 0 Å². The van der Waals surface area contributed by atoms with Gasteiger partial charge in [0.2, 0.25) is 0 Å².